The SMILES string of the molecule is O=c1cc(CN2CCCC(O)C2)c2cc(O)c(O)cc2o1. The molecule has 3 rings (SSSR count). The second kappa shape index (κ2) is 5.38. The molecule has 1 unspecified atom stereocenters. The van der Waals surface area contributed by atoms with Crippen LogP contribution in [-0.2, 0) is 6.54 Å². The Kier molecular flexibility index (Phi) is 3.57. The molecule has 1 aromatic heterocycles. The fourth-order valence-corrected chi connectivity index (χ4v) is 2.80. The van der Waals surface area contributed by atoms with Crippen LogP contribution in [0, 0.1) is 0 Å². The summed E-state index contributed by atoms with van der Waals surface area (Å²) < 4.78 is 5.05. The number of benzene rings is 1. The third-order valence-corrected chi connectivity index (χ3v) is 3.80. The average molecular weight is 291 g/mol. The standard InChI is InChI=1S/C15H17NO5/c17-10-2-1-3-16(8-10)7-9-4-15(20)21-14-6-13(19)12(18)5-11(9)14/h4-6,10,17-19H,1-3,7-8H2. The number of aromatic hydroxyl groups is 2. The molecule has 0 radical (unpaired) electrons. The van der Waals surface area contributed by atoms with Gasteiger partial charge in [-0.15, -0.1) is 0 Å². The van der Waals surface area contributed by atoms with Crippen LogP contribution < -0.4 is 5.63 Å². The number of β-amino-alcohol motifs (C(OH)–C–C–N with tert-alkyl or cyclic N) is 1. The van der Waals surface area contributed by atoms with E-state index in [1.54, 1.807) is 0 Å². The zero-order chi connectivity index (χ0) is 15.0. The van der Waals surface area contributed by atoms with Gasteiger partial charge in [-0.05, 0) is 31.0 Å². The van der Waals surface area contributed by atoms with Crippen molar-refractivity contribution in [1.82, 2.24) is 4.90 Å². The van der Waals surface area contributed by atoms with Crippen molar-refractivity contribution in [3.8, 4) is 11.5 Å². The Labute approximate surface area is 120 Å². The number of aliphatic hydroxyl groups is 1. The molecule has 1 atom stereocenters. The van der Waals surface area contributed by atoms with Crippen LogP contribution >= 0.6 is 0 Å². The molecule has 0 bridgehead atoms. The molecule has 6 heteroatoms. The van der Waals surface area contributed by atoms with Gasteiger partial charge in [0.05, 0.1) is 6.10 Å². The Balaban J connectivity index is 2.00. The number of nitrogens with zero attached hydrogens (tertiary/aromatic N) is 1. The van der Waals surface area contributed by atoms with Crippen LogP contribution in [0.5, 0.6) is 11.5 Å². The van der Waals surface area contributed by atoms with E-state index >= 15 is 0 Å². The summed E-state index contributed by atoms with van der Waals surface area (Å²) in [7, 11) is 0. The van der Waals surface area contributed by atoms with Crippen LogP contribution in [0.1, 0.15) is 18.4 Å². The molecule has 1 aromatic carbocycles. The molecule has 2 heterocycles. The molecule has 1 fully saturated rings. The van der Waals surface area contributed by atoms with Gasteiger partial charge < -0.3 is 19.7 Å². The minimum Gasteiger partial charge on any atom is -0.504 e. The summed E-state index contributed by atoms with van der Waals surface area (Å²) in [6.45, 7) is 1.90. The minimum atomic E-state index is -0.500. The first kappa shape index (κ1) is 13.9. The zero-order valence-corrected chi connectivity index (χ0v) is 11.5. The van der Waals surface area contributed by atoms with E-state index in [0.717, 1.165) is 19.4 Å². The van der Waals surface area contributed by atoms with E-state index in [1.807, 2.05) is 0 Å². The van der Waals surface area contributed by atoms with Gasteiger partial charge in [-0.25, -0.2) is 4.79 Å². The highest BCUT2D eigenvalue weighted by atomic mass is 16.4. The van der Waals surface area contributed by atoms with Crippen molar-refractivity contribution < 1.29 is 19.7 Å². The topological polar surface area (TPSA) is 94.1 Å². The molecule has 0 aliphatic carbocycles. The van der Waals surface area contributed by atoms with Crippen molar-refractivity contribution in [2.75, 3.05) is 13.1 Å². The van der Waals surface area contributed by atoms with Gasteiger partial charge in [-0.1, -0.05) is 0 Å². The normalized spacial score (nSPS) is 20.0. The average Bonchev–Trinajstić information content (AvgIpc) is 2.41. The van der Waals surface area contributed by atoms with Gasteiger partial charge in [0.1, 0.15) is 5.58 Å². The number of piperidine rings is 1. The number of aliphatic hydroxyl groups excluding tert-OH is 1. The largest absolute Gasteiger partial charge is 0.504 e. The van der Waals surface area contributed by atoms with Crippen LogP contribution in [0.15, 0.2) is 27.4 Å². The highest BCUT2D eigenvalue weighted by Crippen LogP contribution is 2.31. The number of hydrogen-bond acceptors (Lipinski definition) is 6. The van der Waals surface area contributed by atoms with Crippen molar-refractivity contribution in [2.45, 2.75) is 25.5 Å². The van der Waals surface area contributed by atoms with E-state index in [-0.39, 0.29) is 23.2 Å². The Morgan fingerprint density at radius 2 is 2.00 bits per heavy atom. The Bertz CT molecular complexity index is 724. The lowest BCUT2D eigenvalue weighted by Crippen LogP contribution is -2.37. The van der Waals surface area contributed by atoms with Crippen molar-refractivity contribution in [1.29, 1.82) is 0 Å². The minimum absolute atomic E-state index is 0.241. The fraction of sp³-hybridized carbons (Fsp3) is 0.400. The molecule has 1 aliphatic rings. The number of fused-ring (bicyclic) bond motifs is 1. The fourth-order valence-electron chi connectivity index (χ4n) is 2.80. The molecule has 0 spiro atoms. The predicted octanol–water partition coefficient (Wildman–Crippen LogP) is 1.16. The van der Waals surface area contributed by atoms with E-state index in [2.05, 4.69) is 4.90 Å². The van der Waals surface area contributed by atoms with E-state index in [9.17, 15) is 20.1 Å². The first-order chi connectivity index (χ1) is 10.0. The first-order valence-corrected chi connectivity index (χ1v) is 6.92. The van der Waals surface area contributed by atoms with Gasteiger partial charge in [0.2, 0.25) is 0 Å². The smallest absolute Gasteiger partial charge is 0.336 e. The van der Waals surface area contributed by atoms with Gasteiger partial charge in [-0.2, -0.15) is 0 Å². The van der Waals surface area contributed by atoms with Crippen LogP contribution in [-0.4, -0.2) is 39.4 Å². The summed E-state index contributed by atoms with van der Waals surface area (Å²) in [5.74, 6) is -0.576. The quantitative estimate of drug-likeness (QED) is 0.568. The number of rotatable bonds is 2. The maximum Gasteiger partial charge on any atom is 0.336 e. The van der Waals surface area contributed by atoms with Gasteiger partial charge in [-0.3, -0.25) is 4.90 Å². The second-order valence-corrected chi connectivity index (χ2v) is 5.46. The Morgan fingerprint density at radius 1 is 1.24 bits per heavy atom. The highest BCUT2D eigenvalue weighted by molar-refractivity contribution is 5.83. The molecule has 0 saturated carbocycles. The Morgan fingerprint density at radius 3 is 2.76 bits per heavy atom. The predicted molar refractivity (Wildman–Crippen MR) is 76.3 cm³/mol. The number of likely N-dealkylation sites (tertiary alicyclic amines) is 1. The van der Waals surface area contributed by atoms with E-state index in [4.69, 9.17) is 4.42 Å². The summed E-state index contributed by atoms with van der Waals surface area (Å²) in [6, 6.07) is 4.02. The van der Waals surface area contributed by atoms with Gasteiger partial charge >= 0.3 is 5.63 Å². The lowest BCUT2D eigenvalue weighted by molar-refractivity contribution is 0.0670. The molecule has 3 N–H and O–H groups in total. The lowest BCUT2D eigenvalue weighted by atomic mass is 10.1. The van der Waals surface area contributed by atoms with E-state index < -0.39 is 5.63 Å². The maximum atomic E-state index is 11.6. The number of hydrogen-bond donors (Lipinski definition) is 3. The van der Waals surface area contributed by atoms with Crippen LogP contribution in [0.2, 0.25) is 0 Å². The first-order valence-electron chi connectivity index (χ1n) is 6.92. The van der Waals surface area contributed by atoms with Crippen LogP contribution in [0.25, 0.3) is 11.0 Å². The molecule has 2 aromatic rings. The van der Waals surface area contributed by atoms with Crippen LogP contribution in [0.3, 0.4) is 0 Å². The summed E-state index contributed by atoms with van der Waals surface area (Å²) in [5.41, 5.74) is 0.455. The van der Waals surface area contributed by atoms with Crippen molar-refractivity contribution in [3.05, 3.63) is 34.2 Å². The Hall–Kier alpha value is -2.05. The molecular weight excluding hydrogens is 274 g/mol. The molecule has 1 aliphatic heterocycles. The molecular formula is C15H17NO5. The van der Waals surface area contributed by atoms with Crippen LogP contribution in [0.4, 0.5) is 0 Å². The van der Waals surface area contributed by atoms with Crippen molar-refractivity contribution in [2.24, 2.45) is 0 Å². The van der Waals surface area contributed by atoms with Crippen molar-refractivity contribution >= 4 is 11.0 Å². The highest BCUT2D eigenvalue weighted by Gasteiger charge is 2.19. The lowest BCUT2D eigenvalue weighted by Gasteiger charge is -2.30. The molecule has 21 heavy (non-hydrogen) atoms. The molecule has 1 saturated heterocycles. The molecule has 0 amide bonds. The third kappa shape index (κ3) is 2.86. The van der Waals surface area contributed by atoms with Gasteiger partial charge in [0.25, 0.3) is 0 Å². The van der Waals surface area contributed by atoms with E-state index in [0.29, 0.717) is 24.0 Å². The van der Waals surface area contributed by atoms with Crippen molar-refractivity contribution in [3.63, 3.8) is 0 Å². The summed E-state index contributed by atoms with van der Waals surface area (Å²) >= 11 is 0. The third-order valence-electron chi connectivity index (χ3n) is 3.80. The monoisotopic (exact) mass is 291 g/mol. The molecule has 6 nitrogen and oxygen atoms in total. The second-order valence-electron chi connectivity index (χ2n) is 5.46. The van der Waals surface area contributed by atoms with E-state index in [1.165, 1.54) is 18.2 Å². The summed E-state index contributed by atoms with van der Waals surface area (Å²) in [5, 5.41) is 29.4. The zero-order valence-electron chi connectivity index (χ0n) is 11.5. The molecule has 112 valence electrons. The maximum absolute atomic E-state index is 11.6. The summed E-state index contributed by atoms with van der Waals surface area (Å²) in [4.78, 5) is 13.7. The number of phenolic OH excluding ortho intramolecular Hbond substituents is 2. The summed E-state index contributed by atoms with van der Waals surface area (Å²) in [6.07, 6.45) is 1.36. The van der Waals surface area contributed by atoms with Gasteiger partial charge in [0.15, 0.2) is 11.5 Å². The number of phenols is 2. The van der Waals surface area contributed by atoms with Gasteiger partial charge in [0, 0.05) is 30.6 Å².